The first-order valence-corrected chi connectivity index (χ1v) is 8.15. The molecule has 0 radical (unpaired) electrons. The molecule has 1 N–H and O–H groups in total. The molecule has 0 aliphatic carbocycles. The Morgan fingerprint density at radius 3 is 2.38 bits per heavy atom. The second-order valence-electron chi connectivity index (χ2n) is 6.28. The van der Waals surface area contributed by atoms with Gasteiger partial charge in [-0.3, -0.25) is 14.3 Å². The molecule has 3 heterocycles. The zero-order valence-electron chi connectivity index (χ0n) is 12.6. The average molecular weight is 312 g/mol. The molecule has 2 aliphatic heterocycles. The van der Waals surface area contributed by atoms with E-state index in [2.05, 4.69) is 16.9 Å². The van der Waals surface area contributed by atoms with Gasteiger partial charge in [0.2, 0.25) is 0 Å². The van der Waals surface area contributed by atoms with E-state index in [4.69, 9.17) is 11.6 Å². The highest BCUT2D eigenvalue weighted by atomic mass is 35.5. The van der Waals surface area contributed by atoms with Gasteiger partial charge in [-0.05, 0) is 39.2 Å². The van der Waals surface area contributed by atoms with Crippen molar-refractivity contribution in [2.75, 3.05) is 7.05 Å². The highest BCUT2D eigenvalue weighted by molar-refractivity contribution is 6.30. The largest absolute Gasteiger partial charge is 0.329 e. The van der Waals surface area contributed by atoms with Crippen LogP contribution in [0.15, 0.2) is 9.59 Å². The first-order chi connectivity index (χ1) is 10.0. The maximum absolute atomic E-state index is 12.6. The van der Waals surface area contributed by atoms with E-state index in [1.54, 1.807) is 0 Å². The van der Waals surface area contributed by atoms with Crippen LogP contribution in [0.5, 0.6) is 0 Å². The summed E-state index contributed by atoms with van der Waals surface area (Å²) in [6, 6.07) is 0.958. The maximum Gasteiger partial charge on any atom is 0.329 e. The number of hydrogen-bond donors (Lipinski definition) is 1. The monoisotopic (exact) mass is 311 g/mol. The molecule has 6 heteroatoms. The smallest absolute Gasteiger partial charge is 0.300 e. The Hall–Kier alpha value is -1.07. The molecule has 5 nitrogen and oxygen atoms in total. The van der Waals surface area contributed by atoms with Crippen molar-refractivity contribution < 1.29 is 0 Å². The third kappa shape index (κ3) is 2.46. The maximum atomic E-state index is 12.6. The summed E-state index contributed by atoms with van der Waals surface area (Å²) >= 11 is 5.99. The Labute approximate surface area is 128 Å². The molecule has 1 aromatic heterocycles. The summed E-state index contributed by atoms with van der Waals surface area (Å²) < 4.78 is 1.42. The van der Waals surface area contributed by atoms with Crippen molar-refractivity contribution in [1.82, 2.24) is 14.5 Å². The van der Waals surface area contributed by atoms with E-state index in [-0.39, 0.29) is 22.4 Å². The molecule has 2 unspecified atom stereocenters. The van der Waals surface area contributed by atoms with Crippen molar-refractivity contribution in [2.45, 2.75) is 63.6 Å². The van der Waals surface area contributed by atoms with Crippen molar-refractivity contribution in [3.05, 3.63) is 31.6 Å². The standard InChI is InChI=1S/C15H22ClN3O2/c1-3-12-13(16)17-15(21)19(14(12)20)11-7-9-5-4-6-10(8-11)18(9)2/h9-11H,3-8H2,1-2H3,(H,17,21). The SMILES string of the molecule is CCc1c(Cl)[nH]c(=O)n(C2CC3CCCC(C2)N3C)c1=O. The van der Waals surface area contributed by atoms with Gasteiger partial charge in [-0.25, -0.2) is 4.79 Å². The highest BCUT2D eigenvalue weighted by Gasteiger charge is 2.37. The minimum Gasteiger partial charge on any atom is -0.300 e. The number of halogens is 1. The first-order valence-electron chi connectivity index (χ1n) is 7.78. The van der Waals surface area contributed by atoms with Crippen LogP contribution in [-0.4, -0.2) is 33.6 Å². The number of piperidine rings is 2. The Morgan fingerprint density at radius 2 is 1.81 bits per heavy atom. The quantitative estimate of drug-likeness (QED) is 0.849. The second kappa shape index (κ2) is 5.61. The number of nitrogens with one attached hydrogen (secondary N) is 1. The lowest BCUT2D eigenvalue weighted by atomic mass is 9.82. The lowest BCUT2D eigenvalue weighted by Gasteiger charge is -2.47. The van der Waals surface area contributed by atoms with E-state index >= 15 is 0 Å². The van der Waals surface area contributed by atoms with Crippen LogP contribution in [0.1, 0.15) is 50.6 Å². The fourth-order valence-corrected chi connectivity index (χ4v) is 4.29. The van der Waals surface area contributed by atoms with Crippen LogP contribution >= 0.6 is 11.6 Å². The first kappa shape index (κ1) is 14.9. The van der Waals surface area contributed by atoms with E-state index in [1.165, 1.54) is 11.0 Å². The van der Waals surface area contributed by atoms with Crippen LogP contribution in [-0.2, 0) is 6.42 Å². The molecule has 21 heavy (non-hydrogen) atoms. The van der Waals surface area contributed by atoms with Gasteiger partial charge < -0.3 is 4.90 Å². The predicted molar refractivity (Wildman–Crippen MR) is 83.2 cm³/mol. The molecule has 0 aromatic carbocycles. The lowest BCUT2D eigenvalue weighted by molar-refractivity contribution is 0.0379. The predicted octanol–water partition coefficient (Wildman–Crippen LogP) is 1.94. The molecule has 1 aromatic rings. The Morgan fingerprint density at radius 1 is 1.19 bits per heavy atom. The molecule has 2 fully saturated rings. The Bertz CT molecular complexity index is 637. The zero-order chi connectivity index (χ0) is 15.1. The van der Waals surface area contributed by atoms with Crippen LogP contribution in [0.3, 0.4) is 0 Å². The van der Waals surface area contributed by atoms with Gasteiger partial charge >= 0.3 is 5.69 Å². The molecule has 0 spiro atoms. The van der Waals surface area contributed by atoms with Gasteiger partial charge in [0, 0.05) is 18.1 Å². The van der Waals surface area contributed by atoms with Gasteiger partial charge in [0.1, 0.15) is 5.15 Å². The fourth-order valence-electron chi connectivity index (χ4n) is 4.00. The van der Waals surface area contributed by atoms with Gasteiger partial charge in [0.25, 0.3) is 5.56 Å². The number of rotatable bonds is 2. The third-order valence-electron chi connectivity index (χ3n) is 5.21. The van der Waals surface area contributed by atoms with Gasteiger partial charge in [0.05, 0.1) is 5.56 Å². The molecule has 0 amide bonds. The van der Waals surface area contributed by atoms with E-state index < -0.39 is 0 Å². The minimum atomic E-state index is -0.366. The average Bonchev–Trinajstić information content (AvgIpc) is 2.39. The topological polar surface area (TPSA) is 58.1 Å². The van der Waals surface area contributed by atoms with Crippen molar-refractivity contribution in [2.24, 2.45) is 0 Å². The summed E-state index contributed by atoms with van der Waals surface area (Å²) in [5.41, 5.74) is -0.0611. The Balaban J connectivity index is 2.02. The molecule has 3 rings (SSSR count). The van der Waals surface area contributed by atoms with Gasteiger partial charge in [-0.1, -0.05) is 24.9 Å². The van der Waals surface area contributed by atoms with Crippen molar-refractivity contribution in [1.29, 1.82) is 0 Å². The molecular formula is C15H22ClN3O2. The second-order valence-corrected chi connectivity index (χ2v) is 6.66. The van der Waals surface area contributed by atoms with E-state index in [0.717, 1.165) is 25.7 Å². The summed E-state index contributed by atoms with van der Waals surface area (Å²) in [5.74, 6) is 0. The van der Waals surface area contributed by atoms with Crippen LogP contribution in [0.25, 0.3) is 0 Å². The van der Waals surface area contributed by atoms with Gasteiger partial charge in [-0.2, -0.15) is 0 Å². The molecule has 2 saturated heterocycles. The molecule has 2 aliphatic rings. The summed E-state index contributed by atoms with van der Waals surface area (Å²) in [6.45, 7) is 1.88. The van der Waals surface area contributed by atoms with Crippen molar-refractivity contribution >= 4 is 11.6 Å². The molecular weight excluding hydrogens is 290 g/mol. The summed E-state index contributed by atoms with van der Waals surface area (Å²) in [4.78, 5) is 29.9. The van der Waals surface area contributed by atoms with Gasteiger partial charge in [-0.15, -0.1) is 0 Å². The van der Waals surface area contributed by atoms with E-state index in [1.807, 2.05) is 6.92 Å². The number of fused-ring (bicyclic) bond motifs is 2. The number of H-pyrrole nitrogens is 1. The van der Waals surface area contributed by atoms with Crippen LogP contribution in [0, 0.1) is 0 Å². The normalized spacial score (nSPS) is 29.6. The van der Waals surface area contributed by atoms with Crippen LogP contribution in [0.2, 0.25) is 5.15 Å². The van der Waals surface area contributed by atoms with Gasteiger partial charge in [0.15, 0.2) is 0 Å². The number of nitrogens with zero attached hydrogens (tertiary/aromatic N) is 2. The fraction of sp³-hybridized carbons (Fsp3) is 0.733. The van der Waals surface area contributed by atoms with E-state index in [0.29, 0.717) is 24.1 Å². The summed E-state index contributed by atoms with van der Waals surface area (Å²) in [6.07, 6.45) is 5.85. The molecule has 2 atom stereocenters. The highest BCUT2D eigenvalue weighted by Crippen LogP contribution is 2.37. The number of aromatic amines is 1. The summed E-state index contributed by atoms with van der Waals surface area (Å²) in [5, 5.41) is 0.192. The lowest BCUT2D eigenvalue weighted by Crippen LogP contribution is -2.53. The van der Waals surface area contributed by atoms with Crippen LogP contribution < -0.4 is 11.2 Å². The number of aromatic nitrogens is 2. The van der Waals surface area contributed by atoms with E-state index in [9.17, 15) is 9.59 Å². The molecule has 116 valence electrons. The zero-order valence-corrected chi connectivity index (χ0v) is 13.3. The van der Waals surface area contributed by atoms with Crippen molar-refractivity contribution in [3.8, 4) is 0 Å². The third-order valence-corrected chi connectivity index (χ3v) is 5.53. The van der Waals surface area contributed by atoms with Crippen LogP contribution in [0.4, 0.5) is 0 Å². The number of hydrogen-bond acceptors (Lipinski definition) is 3. The summed E-state index contributed by atoms with van der Waals surface area (Å²) in [7, 11) is 2.16. The molecule has 0 saturated carbocycles. The minimum absolute atomic E-state index is 0.00434. The Kier molecular flexibility index (Phi) is 3.97. The van der Waals surface area contributed by atoms with Crippen molar-refractivity contribution in [3.63, 3.8) is 0 Å². The molecule has 2 bridgehead atoms.